The van der Waals surface area contributed by atoms with E-state index in [0.29, 0.717) is 5.92 Å². The van der Waals surface area contributed by atoms with Crippen molar-refractivity contribution >= 4 is 11.4 Å². The van der Waals surface area contributed by atoms with Gasteiger partial charge in [0, 0.05) is 7.05 Å². The summed E-state index contributed by atoms with van der Waals surface area (Å²) in [6, 6.07) is 6.00. The fourth-order valence-corrected chi connectivity index (χ4v) is 2.84. The maximum atomic E-state index is 4.85. The minimum Gasteiger partial charge on any atom is -0.291 e. The van der Waals surface area contributed by atoms with Gasteiger partial charge in [-0.25, -0.2) is 4.98 Å². The number of rotatable bonds is 3. The SMILES string of the molecule is CN=C(C)c1cccc(C(C)=NC2=C(C)C[C@H](C)C=C2C)n1. The largest absolute Gasteiger partial charge is 0.291 e. The highest BCUT2D eigenvalue weighted by molar-refractivity contribution is 6.01. The molecule has 2 rings (SSSR count). The number of hydrogen-bond acceptors (Lipinski definition) is 3. The van der Waals surface area contributed by atoms with E-state index in [-0.39, 0.29) is 0 Å². The van der Waals surface area contributed by atoms with Crippen LogP contribution in [-0.4, -0.2) is 23.5 Å². The van der Waals surface area contributed by atoms with Crippen molar-refractivity contribution < 1.29 is 0 Å². The molecular formula is C19H25N3. The highest BCUT2D eigenvalue weighted by Crippen LogP contribution is 2.29. The van der Waals surface area contributed by atoms with E-state index < -0.39 is 0 Å². The molecule has 0 saturated carbocycles. The molecular weight excluding hydrogens is 270 g/mol. The first-order valence-corrected chi connectivity index (χ1v) is 7.77. The Kier molecular flexibility index (Phi) is 5.07. The van der Waals surface area contributed by atoms with Crippen molar-refractivity contribution in [2.75, 3.05) is 7.05 Å². The minimum absolute atomic E-state index is 0.601. The molecule has 0 fully saturated rings. The summed E-state index contributed by atoms with van der Waals surface area (Å²) in [6.45, 7) is 10.6. The second-order valence-corrected chi connectivity index (χ2v) is 6.07. The predicted molar refractivity (Wildman–Crippen MR) is 94.8 cm³/mol. The summed E-state index contributed by atoms with van der Waals surface area (Å²) in [4.78, 5) is 13.7. The van der Waals surface area contributed by atoms with Gasteiger partial charge in [0.2, 0.25) is 0 Å². The molecule has 1 aromatic rings. The van der Waals surface area contributed by atoms with Crippen LogP contribution in [0.25, 0.3) is 0 Å². The molecule has 3 heteroatoms. The summed E-state index contributed by atoms with van der Waals surface area (Å²) < 4.78 is 0. The summed E-state index contributed by atoms with van der Waals surface area (Å²) >= 11 is 0. The van der Waals surface area contributed by atoms with Gasteiger partial charge in [0.05, 0.1) is 28.5 Å². The number of aromatic nitrogens is 1. The summed E-state index contributed by atoms with van der Waals surface area (Å²) in [5, 5.41) is 0. The maximum absolute atomic E-state index is 4.85. The molecule has 0 saturated heterocycles. The molecule has 1 heterocycles. The van der Waals surface area contributed by atoms with Crippen LogP contribution in [0.3, 0.4) is 0 Å². The molecule has 1 aliphatic rings. The second-order valence-electron chi connectivity index (χ2n) is 6.07. The van der Waals surface area contributed by atoms with E-state index in [4.69, 9.17) is 4.99 Å². The van der Waals surface area contributed by atoms with Crippen LogP contribution < -0.4 is 0 Å². The molecule has 0 aromatic carbocycles. The van der Waals surface area contributed by atoms with Crippen LogP contribution in [0.5, 0.6) is 0 Å². The lowest BCUT2D eigenvalue weighted by atomic mass is 9.90. The molecule has 0 unspecified atom stereocenters. The molecule has 0 N–H and O–H groups in total. The molecule has 0 aliphatic heterocycles. The second kappa shape index (κ2) is 6.82. The Bertz CT molecular complexity index is 690. The summed E-state index contributed by atoms with van der Waals surface area (Å²) in [7, 11) is 1.79. The minimum atomic E-state index is 0.601. The van der Waals surface area contributed by atoms with Gasteiger partial charge in [-0.2, -0.15) is 0 Å². The van der Waals surface area contributed by atoms with Gasteiger partial charge >= 0.3 is 0 Å². The lowest BCUT2D eigenvalue weighted by molar-refractivity contribution is 0.689. The van der Waals surface area contributed by atoms with E-state index in [1.54, 1.807) is 7.05 Å². The molecule has 3 nitrogen and oxygen atoms in total. The summed E-state index contributed by atoms with van der Waals surface area (Å²) in [5.41, 5.74) is 7.43. The Balaban J connectivity index is 2.38. The van der Waals surface area contributed by atoms with Crippen LogP contribution >= 0.6 is 0 Å². The summed E-state index contributed by atoms with van der Waals surface area (Å²) in [5.74, 6) is 0.601. The van der Waals surface area contributed by atoms with Gasteiger partial charge in [0.1, 0.15) is 0 Å². The molecule has 0 radical (unpaired) electrons. The van der Waals surface area contributed by atoms with Gasteiger partial charge in [-0.05, 0) is 63.3 Å². The van der Waals surface area contributed by atoms with Gasteiger partial charge in [-0.15, -0.1) is 0 Å². The van der Waals surface area contributed by atoms with E-state index in [9.17, 15) is 0 Å². The van der Waals surface area contributed by atoms with Gasteiger partial charge in [-0.1, -0.05) is 19.1 Å². The highest BCUT2D eigenvalue weighted by Gasteiger charge is 2.14. The van der Waals surface area contributed by atoms with Gasteiger partial charge in [0.15, 0.2) is 0 Å². The van der Waals surface area contributed by atoms with Crippen LogP contribution in [0.4, 0.5) is 0 Å². The smallest absolute Gasteiger partial charge is 0.0849 e. The molecule has 0 bridgehead atoms. The van der Waals surface area contributed by atoms with Crippen LogP contribution in [0, 0.1) is 5.92 Å². The number of allylic oxidation sites excluding steroid dienone is 3. The van der Waals surface area contributed by atoms with Crippen molar-refractivity contribution in [1.29, 1.82) is 0 Å². The van der Waals surface area contributed by atoms with E-state index in [2.05, 4.69) is 36.8 Å². The van der Waals surface area contributed by atoms with Crippen molar-refractivity contribution in [1.82, 2.24) is 4.98 Å². The van der Waals surface area contributed by atoms with Crippen LogP contribution in [0.1, 0.15) is 52.4 Å². The third kappa shape index (κ3) is 3.59. The lowest BCUT2D eigenvalue weighted by Crippen LogP contribution is -2.08. The fraction of sp³-hybridized carbons (Fsp3) is 0.421. The normalized spacial score (nSPS) is 20.3. The Morgan fingerprint density at radius 1 is 1.14 bits per heavy atom. The number of hydrogen-bond donors (Lipinski definition) is 0. The first-order chi connectivity index (χ1) is 10.4. The summed E-state index contributed by atoms with van der Waals surface area (Å²) in [6.07, 6.45) is 3.38. The first kappa shape index (κ1) is 16.3. The average Bonchev–Trinajstić information content (AvgIpc) is 2.50. The molecule has 1 atom stereocenters. The Morgan fingerprint density at radius 3 is 2.36 bits per heavy atom. The zero-order valence-electron chi connectivity index (χ0n) is 14.4. The molecule has 1 aliphatic carbocycles. The highest BCUT2D eigenvalue weighted by atomic mass is 14.8. The lowest BCUT2D eigenvalue weighted by Gasteiger charge is -2.19. The van der Waals surface area contributed by atoms with Crippen molar-refractivity contribution in [2.45, 2.75) is 41.0 Å². The fourth-order valence-electron chi connectivity index (χ4n) is 2.84. The molecule has 22 heavy (non-hydrogen) atoms. The van der Waals surface area contributed by atoms with Crippen molar-refractivity contribution in [3.63, 3.8) is 0 Å². The van der Waals surface area contributed by atoms with Gasteiger partial charge < -0.3 is 0 Å². The van der Waals surface area contributed by atoms with Crippen molar-refractivity contribution in [3.8, 4) is 0 Å². The number of aliphatic imine (C=N–C) groups is 2. The van der Waals surface area contributed by atoms with E-state index in [1.807, 2.05) is 32.0 Å². The van der Waals surface area contributed by atoms with Crippen LogP contribution in [-0.2, 0) is 0 Å². The third-order valence-corrected chi connectivity index (χ3v) is 4.05. The van der Waals surface area contributed by atoms with E-state index >= 15 is 0 Å². The van der Waals surface area contributed by atoms with E-state index in [0.717, 1.165) is 34.9 Å². The molecule has 1 aromatic heterocycles. The average molecular weight is 295 g/mol. The number of pyridine rings is 1. The standard InChI is InChI=1S/C19H25N3/c1-12-10-13(2)19(14(3)11-12)21-16(5)18-9-7-8-17(22-18)15(4)20-6/h7-10,12H,11H2,1-6H3/t12-/m1/s1. The Hall–Kier alpha value is -2.03. The predicted octanol–water partition coefficient (Wildman–Crippen LogP) is 4.59. The topological polar surface area (TPSA) is 37.6 Å². The van der Waals surface area contributed by atoms with Gasteiger partial charge in [-0.3, -0.25) is 9.98 Å². The molecule has 0 amide bonds. The van der Waals surface area contributed by atoms with Crippen LogP contribution in [0.2, 0.25) is 0 Å². The van der Waals surface area contributed by atoms with Crippen molar-refractivity contribution in [3.05, 3.63) is 52.5 Å². The van der Waals surface area contributed by atoms with Crippen molar-refractivity contribution in [2.24, 2.45) is 15.9 Å². The van der Waals surface area contributed by atoms with E-state index in [1.165, 1.54) is 11.1 Å². The quantitative estimate of drug-likeness (QED) is 0.751. The Labute approximate surface area is 133 Å². The van der Waals surface area contributed by atoms with Crippen LogP contribution in [0.15, 0.2) is 51.1 Å². The zero-order valence-corrected chi connectivity index (χ0v) is 14.4. The maximum Gasteiger partial charge on any atom is 0.0849 e. The monoisotopic (exact) mass is 295 g/mol. The molecule has 0 spiro atoms. The Morgan fingerprint density at radius 2 is 1.77 bits per heavy atom. The zero-order chi connectivity index (χ0) is 16.3. The number of nitrogens with zero attached hydrogens (tertiary/aromatic N) is 3. The third-order valence-electron chi connectivity index (χ3n) is 4.05. The molecule has 116 valence electrons. The first-order valence-electron chi connectivity index (χ1n) is 7.77. The van der Waals surface area contributed by atoms with Gasteiger partial charge in [0.25, 0.3) is 0 Å².